The molecule has 0 aliphatic rings. The Hall–Kier alpha value is -0.870. The van der Waals surface area contributed by atoms with E-state index in [1.54, 1.807) is 12.1 Å². The Labute approximate surface area is 97.8 Å². The first-order valence-corrected chi connectivity index (χ1v) is 7.16. The van der Waals surface area contributed by atoms with Gasteiger partial charge in [0, 0.05) is 6.04 Å². The molecule has 1 aromatic carbocycles. The number of rotatable bonds is 5. The minimum atomic E-state index is -3.19. The minimum absolute atomic E-state index is 0.00383. The molecule has 16 heavy (non-hydrogen) atoms. The summed E-state index contributed by atoms with van der Waals surface area (Å²) >= 11 is 0. The predicted molar refractivity (Wildman–Crippen MR) is 66.1 cm³/mol. The summed E-state index contributed by atoms with van der Waals surface area (Å²) in [5.41, 5.74) is 1.15. The molecule has 0 saturated carbocycles. The average molecular weight is 241 g/mol. The highest BCUT2D eigenvalue weighted by atomic mass is 32.2. The van der Waals surface area contributed by atoms with Crippen molar-refractivity contribution in [2.45, 2.75) is 38.1 Å². The van der Waals surface area contributed by atoms with Gasteiger partial charge in [-0.1, -0.05) is 19.1 Å². The van der Waals surface area contributed by atoms with E-state index in [1.807, 2.05) is 32.9 Å². The molecule has 0 heterocycles. The van der Waals surface area contributed by atoms with Gasteiger partial charge in [-0.25, -0.2) is 8.42 Å². The van der Waals surface area contributed by atoms with Crippen molar-refractivity contribution >= 4 is 9.84 Å². The van der Waals surface area contributed by atoms with E-state index in [-0.39, 0.29) is 11.9 Å². The SMILES string of the molecule is CCc1ccc(S(=O)(=O)CNC(C)C)cc1. The molecular formula is C12H19NO2S. The Morgan fingerprint density at radius 3 is 2.19 bits per heavy atom. The van der Waals surface area contributed by atoms with Gasteiger partial charge in [-0.05, 0) is 38.0 Å². The predicted octanol–water partition coefficient (Wildman–Crippen LogP) is 1.98. The zero-order valence-corrected chi connectivity index (χ0v) is 10.8. The second kappa shape index (κ2) is 5.46. The fourth-order valence-corrected chi connectivity index (χ4v) is 2.56. The number of hydrogen-bond donors (Lipinski definition) is 1. The Morgan fingerprint density at radius 1 is 1.19 bits per heavy atom. The van der Waals surface area contributed by atoms with Crippen molar-refractivity contribution < 1.29 is 8.42 Å². The van der Waals surface area contributed by atoms with Gasteiger partial charge in [0.15, 0.2) is 9.84 Å². The molecule has 0 spiro atoms. The fourth-order valence-electron chi connectivity index (χ4n) is 1.29. The first-order chi connectivity index (χ1) is 7.45. The molecule has 0 unspecified atom stereocenters. The van der Waals surface area contributed by atoms with E-state index in [0.29, 0.717) is 4.90 Å². The van der Waals surface area contributed by atoms with Crippen LogP contribution in [-0.2, 0) is 16.3 Å². The Balaban J connectivity index is 2.82. The third kappa shape index (κ3) is 3.61. The van der Waals surface area contributed by atoms with Gasteiger partial charge in [0.1, 0.15) is 5.88 Å². The van der Waals surface area contributed by atoms with Gasteiger partial charge in [-0.3, -0.25) is 0 Å². The van der Waals surface area contributed by atoms with Crippen molar-refractivity contribution in [3.8, 4) is 0 Å². The van der Waals surface area contributed by atoms with Crippen LogP contribution in [0.25, 0.3) is 0 Å². The van der Waals surface area contributed by atoms with Crippen LogP contribution in [-0.4, -0.2) is 20.3 Å². The summed E-state index contributed by atoms with van der Waals surface area (Å²) in [6.07, 6.45) is 0.921. The standard InChI is InChI=1S/C12H19NO2S/c1-4-11-5-7-12(8-6-11)16(14,15)9-13-10(2)3/h5-8,10,13H,4,9H2,1-3H3. The number of nitrogens with one attached hydrogen (secondary N) is 1. The van der Waals surface area contributed by atoms with Crippen molar-refractivity contribution in [1.29, 1.82) is 0 Å². The summed E-state index contributed by atoms with van der Waals surface area (Å²) in [5, 5.41) is 2.92. The topological polar surface area (TPSA) is 46.2 Å². The Bertz CT molecular complexity index is 421. The lowest BCUT2D eigenvalue weighted by molar-refractivity contribution is 0.573. The molecule has 90 valence electrons. The van der Waals surface area contributed by atoms with Gasteiger partial charge < -0.3 is 5.32 Å². The van der Waals surface area contributed by atoms with Crippen molar-refractivity contribution in [3.63, 3.8) is 0 Å². The third-order valence-corrected chi connectivity index (χ3v) is 3.91. The summed E-state index contributed by atoms with van der Waals surface area (Å²) in [5.74, 6) is -0.00383. The van der Waals surface area contributed by atoms with Gasteiger partial charge in [-0.2, -0.15) is 0 Å². The molecule has 0 aromatic heterocycles. The van der Waals surface area contributed by atoms with Crippen molar-refractivity contribution in [3.05, 3.63) is 29.8 Å². The highest BCUT2D eigenvalue weighted by Gasteiger charge is 2.13. The zero-order valence-electron chi connectivity index (χ0n) is 10.0. The summed E-state index contributed by atoms with van der Waals surface area (Å²) in [6.45, 7) is 5.90. The molecule has 0 amide bonds. The van der Waals surface area contributed by atoms with Gasteiger partial charge in [-0.15, -0.1) is 0 Å². The van der Waals surface area contributed by atoms with Crippen molar-refractivity contribution in [2.75, 3.05) is 5.88 Å². The third-order valence-electron chi connectivity index (χ3n) is 2.37. The summed E-state index contributed by atoms with van der Waals surface area (Å²) < 4.78 is 23.7. The number of sulfone groups is 1. The Morgan fingerprint density at radius 2 is 1.75 bits per heavy atom. The molecular weight excluding hydrogens is 222 g/mol. The van der Waals surface area contributed by atoms with Crippen molar-refractivity contribution in [1.82, 2.24) is 5.32 Å². The molecule has 4 heteroatoms. The van der Waals surface area contributed by atoms with Crippen LogP contribution < -0.4 is 5.32 Å². The monoisotopic (exact) mass is 241 g/mol. The summed E-state index contributed by atoms with van der Waals surface area (Å²) in [4.78, 5) is 0.387. The van der Waals surface area contributed by atoms with Gasteiger partial charge in [0.2, 0.25) is 0 Å². The van der Waals surface area contributed by atoms with Crippen LogP contribution in [0.4, 0.5) is 0 Å². The van der Waals surface area contributed by atoms with Crippen LogP contribution >= 0.6 is 0 Å². The molecule has 0 aliphatic heterocycles. The maximum absolute atomic E-state index is 11.9. The highest BCUT2D eigenvalue weighted by molar-refractivity contribution is 7.91. The lowest BCUT2D eigenvalue weighted by Gasteiger charge is -2.09. The van der Waals surface area contributed by atoms with E-state index in [1.165, 1.54) is 0 Å². The van der Waals surface area contributed by atoms with Gasteiger partial charge in [0.25, 0.3) is 0 Å². The maximum atomic E-state index is 11.9. The molecule has 0 saturated heterocycles. The number of benzene rings is 1. The van der Waals surface area contributed by atoms with Crippen LogP contribution in [0, 0.1) is 0 Å². The lowest BCUT2D eigenvalue weighted by atomic mass is 10.2. The number of hydrogen-bond acceptors (Lipinski definition) is 3. The fraction of sp³-hybridized carbons (Fsp3) is 0.500. The molecule has 0 bridgehead atoms. The number of aryl methyl sites for hydroxylation is 1. The van der Waals surface area contributed by atoms with Crippen LogP contribution in [0.2, 0.25) is 0 Å². The highest BCUT2D eigenvalue weighted by Crippen LogP contribution is 2.12. The molecule has 1 rings (SSSR count). The van der Waals surface area contributed by atoms with Crippen LogP contribution in [0.5, 0.6) is 0 Å². The van der Waals surface area contributed by atoms with Crippen LogP contribution in [0.15, 0.2) is 29.2 Å². The second-order valence-electron chi connectivity index (χ2n) is 4.12. The quantitative estimate of drug-likeness (QED) is 0.857. The summed E-state index contributed by atoms with van der Waals surface area (Å²) in [6, 6.07) is 7.25. The van der Waals surface area contributed by atoms with E-state index >= 15 is 0 Å². The molecule has 3 nitrogen and oxygen atoms in total. The van der Waals surface area contributed by atoms with E-state index in [4.69, 9.17) is 0 Å². The zero-order chi connectivity index (χ0) is 12.2. The molecule has 1 N–H and O–H groups in total. The normalized spacial score (nSPS) is 12.0. The molecule has 1 aromatic rings. The van der Waals surface area contributed by atoms with E-state index in [2.05, 4.69) is 5.32 Å². The maximum Gasteiger partial charge on any atom is 0.191 e. The first-order valence-electron chi connectivity index (χ1n) is 5.51. The van der Waals surface area contributed by atoms with E-state index in [0.717, 1.165) is 12.0 Å². The second-order valence-corrected chi connectivity index (χ2v) is 6.10. The van der Waals surface area contributed by atoms with Crippen LogP contribution in [0.3, 0.4) is 0 Å². The van der Waals surface area contributed by atoms with Crippen LogP contribution in [0.1, 0.15) is 26.3 Å². The first kappa shape index (κ1) is 13.2. The molecule has 0 radical (unpaired) electrons. The van der Waals surface area contributed by atoms with E-state index < -0.39 is 9.84 Å². The van der Waals surface area contributed by atoms with Gasteiger partial charge >= 0.3 is 0 Å². The van der Waals surface area contributed by atoms with Gasteiger partial charge in [0.05, 0.1) is 4.90 Å². The molecule has 0 aliphatic carbocycles. The summed E-state index contributed by atoms with van der Waals surface area (Å²) in [7, 11) is -3.19. The molecule has 0 atom stereocenters. The lowest BCUT2D eigenvalue weighted by Crippen LogP contribution is -2.29. The largest absolute Gasteiger partial charge is 0.301 e. The van der Waals surface area contributed by atoms with Crippen molar-refractivity contribution in [2.24, 2.45) is 0 Å². The average Bonchev–Trinajstić information content (AvgIpc) is 2.27. The van der Waals surface area contributed by atoms with E-state index in [9.17, 15) is 8.42 Å². The Kier molecular flexibility index (Phi) is 4.50. The molecule has 0 fully saturated rings. The minimum Gasteiger partial charge on any atom is -0.301 e. The smallest absolute Gasteiger partial charge is 0.191 e.